The molecule has 0 saturated heterocycles. The van der Waals surface area contributed by atoms with Gasteiger partial charge in [0.15, 0.2) is 6.29 Å². The van der Waals surface area contributed by atoms with Crippen LogP contribution in [0.5, 0.6) is 0 Å². The number of hydrogen-bond acceptors (Lipinski definition) is 3. The topological polar surface area (TPSA) is 45.3 Å². The summed E-state index contributed by atoms with van der Waals surface area (Å²) < 4.78 is 5.39. The fourth-order valence-corrected chi connectivity index (χ4v) is 3.53. The lowest BCUT2D eigenvalue weighted by molar-refractivity contribution is 0.111. The van der Waals surface area contributed by atoms with Crippen molar-refractivity contribution in [2.45, 2.75) is 52.9 Å². The van der Waals surface area contributed by atoms with Crippen LogP contribution in [0.15, 0.2) is 0 Å². The number of rotatable bonds is 9. The summed E-state index contributed by atoms with van der Waals surface area (Å²) in [5.41, 5.74) is 5.13. The van der Waals surface area contributed by atoms with Gasteiger partial charge in [-0.1, -0.05) is 13.8 Å². The fourth-order valence-electron chi connectivity index (χ4n) is 3.53. The van der Waals surface area contributed by atoms with Gasteiger partial charge in [0.05, 0.1) is 12.3 Å². The number of carbonyl (C=O) groups is 1. The van der Waals surface area contributed by atoms with Crippen molar-refractivity contribution in [1.82, 2.24) is 9.88 Å². The van der Waals surface area contributed by atoms with Crippen LogP contribution in [0.3, 0.4) is 0 Å². The van der Waals surface area contributed by atoms with E-state index in [-0.39, 0.29) is 0 Å². The molecule has 23 heavy (non-hydrogen) atoms. The van der Waals surface area contributed by atoms with E-state index >= 15 is 0 Å². The van der Waals surface area contributed by atoms with Gasteiger partial charge in [0.25, 0.3) is 0 Å². The van der Waals surface area contributed by atoms with Crippen molar-refractivity contribution >= 4 is 6.29 Å². The van der Waals surface area contributed by atoms with Gasteiger partial charge in [-0.2, -0.15) is 0 Å². The SMILES string of the molecule is CCOCCN(C)CCCc1c(C=O)[nH]c2c1CCC(C)(C)C2. The standard InChI is InChI=1S/C19H32N2O2/c1-5-23-12-11-21(4)10-6-7-15-16-8-9-19(2,3)13-17(16)20-18(15)14-22/h14,20H,5-13H2,1-4H3. The van der Waals surface area contributed by atoms with E-state index in [1.54, 1.807) is 0 Å². The van der Waals surface area contributed by atoms with E-state index in [0.29, 0.717) is 5.41 Å². The third kappa shape index (κ3) is 4.92. The summed E-state index contributed by atoms with van der Waals surface area (Å²) >= 11 is 0. The third-order valence-corrected chi connectivity index (χ3v) is 4.95. The predicted molar refractivity (Wildman–Crippen MR) is 94.3 cm³/mol. The molecule has 0 aliphatic heterocycles. The van der Waals surface area contributed by atoms with Crippen LogP contribution in [-0.4, -0.2) is 49.5 Å². The summed E-state index contributed by atoms with van der Waals surface area (Å²) in [5, 5.41) is 0. The zero-order chi connectivity index (χ0) is 16.9. The molecule has 1 aliphatic carbocycles. The summed E-state index contributed by atoms with van der Waals surface area (Å²) in [7, 11) is 2.13. The van der Waals surface area contributed by atoms with Crippen LogP contribution in [0.2, 0.25) is 0 Å². The van der Waals surface area contributed by atoms with Gasteiger partial charge in [0.2, 0.25) is 0 Å². The molecule has 0 radical (unpaired) electrons. The van der Waals surface area contributed by atoms with E-state index in [9.17, 15) is 4.79 Å². The number of likely N-dealkylation sites (N-methyl/N-ethyl adjacent to an activating group) is 1. The summed E-state index contributed by atoms with van der Waals surface area (Å²) in [6.07, 6.45) is 6.42. The molecule has 130 valence electrons. The van der Waals surface area contributed by atoms with Crippen LogP contribution >= 0.6 is 0 Å². The molecule has 4 nitrogen and oxygen atoms in total. The van der Waals surface area contributed by atoms with Gasteiger partial charge >= 0.3 is 0 Å². The highest BCUT2D eigenvalue weighted by Crippen LogP contribution is 2.37. The lowest BCUT2D eigenvalue weighted by atomic mass is 9.76. The van der Waals surface area contributed by atoms with Crippen LogP contribution < -0.4 is 0 Å². The minimum absolute atomic E-state index is 0.342. The number of carbonyl (C=O) groups excluding carboxylic acids is 1. The number of aromatic amines is 1. The van der Waals surface area contributed by atoms with Crippen molar-refractivity contribution in [2.24, 2.45) is 5.41 Å². The van der Waals surface area contributed by atoms with Gasteiger partial charge in [-0.25, -0.2) is 0 Å². The van der Waals surface area contributed by atoms with Gasteiger partial charge in [-0.15, -0.1) is 0 Å². The molecule has 0 aromatic carbocycles. The molecule has 0 spiro atoms. The van der Waals surface area contributed by atoms with Gasteiger partial charge in [0.1, 0.15) is 0 Å². The zero-order valence-corrected chi connectivity index (χ0v) is 15.2. The highest BCUT2D eigenvalue weighted by molar-refractivity contribution is 5.76. The number of fused-ring (bicyclic) bond motifs is 1. The van der Waals surface area contributed by atoms with Gasteiger partial charge in [-0.05, 0) is 69.2 Å². The molecule has 4 heteroatoms. The van der Waals surface area contributed by atoms with Crippen molar-refractivity contribution in [1.29, 1.82) is 0 Å². The number of ether oxygens (including phenoxy) is 1. The molecule has 0 atom stereocenters. The Morgan fingerprint density at radius 2 is 2.13 bits per heavy atom. The van der Waals surface area contributed by atoms with Gasteiger partial charge < -0.3 is 14.6 Å². The average molecular weight is 320 g/mol. The van der Waals surface area contributed by atoms with Crippen LogP contribution in [0.1, 0.15) is 60.9 Å². The first-order valence-electron chi connectivity index (χ1n) is 8.91. The van der Waals surface area contributed by atoms with Gasteiger partial charge in [-0.3, -0.25) is 4.79 Å². The molecule has 0 unspecified atom stereocenters. The molecule has 2 rings (SSSR count). The van der Waals surface area contributed by atoms with E-state index in [1.165, 1.54) is 23.2 Å². The Hall–Kier alpha value is -1.13. The molecular formula is C19H32N2O2. The second-order valence-electron chi connectivity index (χ2n) is 7.54. The number of nitrogens with zero attached hydrogens (tertiary/aromatic N) is 1. The largest absolute Gasteiger partial charge is 0.380 e. The minimum atomic E-state index is 0.342. The smallest absolute Gasteiger partial charge is 0.166 e. The molecule has 0 fully saturated rings. The normalized spacial score (nSPS) is 16.6. The Bertz CT molecular complexity index is 520. The van der Waals surface area contributed by atoms with E-state index in [4.69, 9.17) is 4.74 Å². The number of H-pyrrole nitrogens is 1. The summed E-state index contributed by atoms with van der Waals surface area (Å²) in [6.45, 7) is 10.2. The molecule has 1 aromatic heterocycles. The van der Waals surface area contributed by atoms with E-state index in [2.05, 4.69) is 30.8 Å². The van der Waals surface area contributed by atoms with Crippen molar-refractivity contribution < 1.29 is 9.53 Å². The van der Waals surface area contributed by atoms with E-state index < -0.39 is 0 Å². The highest BCUT2D eigenvalue weighted by Gasteiger charge is 2.29. The van der Waals surface area contributed by atoms with Crippen LogP contribution in [0.4, 0.5) is 0 Å². The monoisotopic (exact) mass is 320 g/mol. The molecule has 0 saturated carbocycles. The Labute approximate surface area is 140 Å². The Balaban J connectivity index is 1.93. The minimum Gasteiger partial charge on any atom is -0.380 e. The van der Waals surface area contributed by atoms with Crippen molar-refractivity contribution in [3.05, 3.63) is 22.5 Å². The maximum Gasteiger partial charge on any atom is 0.166 e. The first kappa shape index (κ1) is 18.2. The Morgan fingerprint density at radius 3 is 2.83 bits per heavy atom. The van der Waals surface area contributed by atoms with E-state index in [1.807, 2.05) is 6.92 Å². The van der Waals surface area contributed by atoms with Gasteiger partial charge in [0, 0.05) is 18.8 Å². The van der Waals surface area contributed by atoms with Crippen LogP contribution in [-0.2, 0) is 24.0 Å². The quantitative estimate of drug-likeness (QED) is 0.561. The number of nitrogens with one attached hydrogen (secondary N) is 1. The second kappa shape index (κ2) is 8.11. The molecular weight excluding hydrogens is 288 g/mol. The lowest BCUT2D eigenvalue weighted by Crippen LogP contribution is -2.25. The molecule has 1 heterocycles. The third-order valence-electron chi connectivity index (χ3n) is 4.95. The first-order valence-corrected chi connectivity index (χ1v) is 8.91. The summed E-state index contributed by atoms with van der Waals surface area (Å²) in [6, 6.07) is 0. The maximum absolute atomic E-state index is 11.4. The molecule has 1 aliphatic rings. The molecule has 0 amide bonds. The maximum atomic E-state index is 11.4. The summed E-state index contributed by atoms with van der Waals surface area (Å²) in [4.78, 5) is 17.1. The second-order valence-corrected chi connectivity index (χ2v) is 7.54. The molecule has 1 N–H and O–H groups in total. The Kier molecular flexibility index (Phi) is 6.42. The van der Waals surface area contributed by atoms with Crippen molar-refractivity contribution in [2.75, 3.05) is 33.4 Å². The van der Waals surface area contributed by atoms with Crippen LogP contribution in [0.25, 0.3) is 0 Å². The molecule has 0 bridgehead atoms. The zero-order valence-electron chi connectivity index (χ0n) is 15.2. The van der Waals surface area contributed by atoms with Crippen molar-refractivity contribution in [3.8, 4) is 0 Å². The lowest BCUT2D eigenvalue weighted by Gasteiger charge is -2.29. The van der Waals surface area contributed by atoms with E-state index in [0.717, 1.165) is 64.0 Å². The average Bonchev–Trinajstić information content (AvgIpc) is 2.83. The molecule has 1 aromatic rings. The van der Waals surface area contributed by atoms with Crippen LogP contribution in [0, 0.1) is 5.41 Å². The first-order chi connectivity index (χ1) is 11.0. The highest BCUT2D eigenvalue weighted by atomic mass is 16.5. The number of aromatic nitrogens is 1. The number of hydrogen-bond donors (Lipinski definition) is 1. The number of aldehydes is 1. The summed E-state index contributed by atoms with van der Waals surface area (Å²) in [5.74, 6) is 0. The predicted octanol–water partition coefficient (Wildman–Crippen LogP) is 3.24. The fraction of sp³-hybridized carbons (Fsp3) is 0.737. The Morgan fingerprint density at radius 1 is 1.35 bits per heavy atom. The van der Waals surface area contributed by atoms with Crippen molar-refractivity contribution in [3.63, 3.8) is 0 Å².